The lowest BCUT2D eigenvalue weighted by atomic mass is 9.96. The van der Waals surface area contributed by atoms with Crippen molar-refractivity contribution in [3.05, 3.63) is 35.7 Å². The van der Waals surface area contributed by atoms with Crippen LogP contribution in [0.15, 0.2) is 28.7 Å². The largest absolute Gasteiger partial charge is 0.466 e. The molecule has 0 bridgehead atoms. The molecule has 25 heavy (non-hydrogen) atoms. The molecule has 1 fully saturated rings. The van der Waals surface area contributed by atoms with Crippen LogP contribution in [-0.4, -0.2) is 35.9 Å². The molecule has 0 aliphatic carbocycles. The van der Waals surface area contributed by atoms with Crippen molar-refractivity contribution in [1.82, 2.24) is 10.2 Å². The van der Waals surface area contributed by atoms with E-state index in [-0.39, 0.29) is 17.9 Å². The van der Waals surface area contributed by atoms with E-state index in [1.807, 2.05) is 38.1 Å². The summed E-state index contributed by atoms with van der Waals surface area (Å²) in [6.45, 7) is 8.27. The maximum absolute atomic E-state index is 11.9. The molecule has 1 N–H and O–H groups in total. The monoisotopic (exact) mass is 344 g/mol. The van der Waals surface area contributed by atoms with Gasteiger partial charge in [0.2, 0.25) is 5.89 Å². The van der Waals surface area contributed by atoms with Crippen LogP contribution >= 0.6 is 0 Å². The first-order chi connectivity index (χ1) is 12.1. The first-order valence-electron chi connectivity index (χ1n) is 9.00. The third kappa shape index (κ3) is 4.07. The number of hydrogen-bond donors (Lipinski definition) is 1. The van der Waals surface area contributed by atoms with Gasteiger partial charge in [-0.1, -0.05) is 17.7 Å². The molecule has 1 aliphatic rings. The number of ether oxygens (including phenoxy) is 1. The molecule has 1 aromatic carbocycles. The van der Waals surface area contributed by atoms with Gasteiger partial charge in [-0.05, 0) is 32.9 Å². The number of carbonyl (C=O) groups is 1. The molecule has 134 valence electrons. The highest BCUT2D eigenvalue weighted by Gasteiger charge is 2.33. The molecule has 2 aromatic rings. The molecule has 2 heterocycles. The molecule has 6 nitrogen and oxygen atoms in total. The standard InChI is InChI=1S/C19H25N3O3/c1-4-24-19(23)15-8-10-22(11-9-15)14(3)17-20-21-18(25-17)16-7-5-6-13(2)12-16/h5-7,12,14-15H,4,8-11H2,1-3H3/p+1/t14-/m0/s1. The molecule has 0 amide bonds. The Bertz CT molecular complexity index is 720. The number of rotatable bonds is 5. The maximum Gasteiger partial charge on any atom is 0.309 e. The van der Waals surface area contributed by atoms with Crippen molar-refractivity contribution in [2.45, 2.75) is 39.7 Å². The fourth-order valence-corrected chi connectivity index (χ4v) is 3.40. The second kappa shape index (κ2) is 7.78. The van der Waals surface area contributed by atoms with Gasteiger partial charge in [-0.2, -0.15) is 0 Å². The van der Waals surface area contributed by atoms with Crippen LogP contribution < -0.4 is 4.90 Å². The molecule has 1 atom stereocenters. The summed E-state index contributed by atoms with van der Waals surface area (Å²) in [5, 5.41) is 8.46. The van der Waals surface area contributed by atoms with E-state index in [4.69, 9.17) is 9.15 Å². The number of hydrogen-bond acceptors (Lipinski definition) is 5. The predicted molar refractivity (Wildman–Crippen MR) is 92.9 cm³/mol. The summed E-state index contributed by atoms with van der Waals surface area (Å²) < 4.78 is 11.1. The summed E-state index contributed by atoms with van der Waals surface area (Å²) in [7, 11) is 0. The summed E-state index contributed by atoms with van der Waals surface area (Å²) in [5.41, 5.74) is 2.11. The molecule has 1 saturated heterocycles. The number of carbonyl (C=O) groups excluding carboxylic acids is 1. The number of piperidine rings is 1. The lowest BCUT2D eigenvalue weighted by Gasteiger charge is -2.30. The van der Waals surface area contributed by atoms with E-state index in [1.165, 1.54) is 4.90 Å². The summed E-state index contributed by atoms with van der Waals surface area (Å²) >= 11 is 0. The number of aromatic nitrogens is 2. The van der Waals surface area contributed by atoms with Crippen LogP contribution in [0.25, 0.3) is 11.5 Å². The van der Waals surface area contributed by atoms with Gasteiger partial charge in [0.25, 0.3) is 5.89 Å². The Hall–Kier alpha value is -2.21. The number of esters is 1. The SMILES string of the molecule is CCOC(=O)C1CC[NH+]([C@@H](C)c2nnc(-c3cccc(C)c3)o2)CC1. The van der Waals surface area contributed by atoms with Crippen molar-refractivity contribution in [3.8, 4) is 11.5 Å². The van der Waals surface area contributed by atoms with Crippen LogP contribution in [0.2, 0.25) is 0 Å². The molecule has 0 unspecified atom stereocenters. The van der Waals surface area contributed by atoms with Gasteiger partial charge in [0.1, 0.15) is 0 Å². The molecule has 1 aliphatic heterocycles. The van der Waals surface area contributed by atoms with E-state index in [9.17, 15) is 4.79 Å². The average molecular weight is 344 g/mol. The maximum atomic E-state index is 11.9. The summed E-state index contributed by atoms with van der Waals surface area (Å²) in [5.74, 6) is 1.18. The van der Waals surface area contributed by atoms with E-state index in [0.717, 1.165) is 37.1 Å². The van der Waals surface area contributed by atoms with Crippen LogP contribution in [0, 0.1) is 12.8 Å². The second-order valence-electron chi connectivity index (χ2n) is 6.72. The van der Waals surface area contributed by atoms with Crippen LogP contribution in [-0.2, 0) is 9.53 Å². The number of aryl methyl sites for hydroxylation is 1. The zero-order chi connectivity index (χ0) is 17.8. The smallest absolute Gasteiger partial charge is 0.309 e. The molecule has 0 spiro atoms. The number of benzene rings is 1. The van der Waals surface area contributed by atoms with E-state index >= 15 is 0 Å². The molecule has 3 rings (SSSR count). The first kappa shape index (κ1) is 17.6. The molecule has 0 radical (unpaired) electrons. The zero-order valence-corrected chi connectivity index (χ0v) is 15.1. The van der Waals surface area contributed by atoms with Gasteiger partial charge in [-0.3, -0.25) is 4.79 Å². The molecule has 6 heteroatoms. The Balaban J connectivity index is 1.63. The summed E-state index contributed by atoms with van der Waals surface area (Å²) in [6.07, 6.45) is 1.69. The topological polar surface area (TPSA) is 69.7 Å². The fraction of sp³-hybridized carbons (Fsp3) is 0.526. The lowest BCUT2D eigenvalue weighted by molar-refractivity contribution is -0.936. The van der Waals surface area contributed by atoms with Crippen molar-refractivity contribution in [3.63, 3.8) is 0 Å². The number of quaternary nitrogens is 1. The number of nitrogens with zero attached hydrogens (tertiary/aromatic N) is 2. The van der Waals surface area contributed by atoms with Gasteiger partial charge in [0, 0.05) is 18.4 Å². The summed E-state index contributed by atoms with van der Waals surface area (Å²) in [6, 6.07) is 8.17. The molecule has 1 aromatic heterocycles. The minimum Gasteiger partial charge on any atom is -0.466 e. The van der Waals surface area contributed by atoms with Crippen molar-refractivity contribution >= 4 is 5.97 Å². The second-order valence-corrected chi connectivity index (χ2v) is 6.72. The van der Waals surface area contributed by atoms with E-state index in [0.29, 0.717) is 18.4 Å². The van der Waals surface area contributed by atoms with Gasteiger partial charge >= 0.3 is 5.97 Å². The highest BCUT2D eigenvalue weighted by atomic mass is 16.5. The number of nitrogens with one attached hydrogen (secondary N) is 1. The minimum absolute atomic E-state index is 0.0291. The van der Waals surface area contributed by atoms with Gasteiger partial charge in [-0.15, -0.1) is 10.2 Å². The predicted octanol–water partition coefficient (Wildman–Crippen LogP) is 1.96. The highest BCUT2D eigenvalue weighted by molar-refractivity contribution is 5.72. The minimum atomic E-state index is -0.0614. The van der Waals surface area contributed by atoms with Crippen molar-refractivity contribution < 1.29 is 18.8 Å². The molecular formula is C19H26N3O3+. The first-order valence-corrected chi connectivity index (χ1v) is 9.00. The van der Waals surface area contributed by atoms with Gasteiger partial charge in [0.15, 0.2) is 6.04 Å². The van der Waals surface area contributed by atoms with Crippen LogP contribution in [0.5, 0.6) is 0 Å². The quantitative estimate of drug-likeness (QED) is 0.840. The normalized spacial score (nSPS) is 21.7. The van der Waals surface area contributed by atoms with Crippen molar-refractivity contribution in [2.24, 2.45) is 5.92 Å². The Morgan fingerprint density at radius 2 is 2.12 bits per heavy atom. The number of likely N-dealkylation sites (tertiary alicyclic amines) is 1. The van der Waals surface area contributed by atoms with Gasteiger partial charge in [-0.25, -0.2) is 0 Å². The highest BCUT2D eigenvalue weighted by Crippen LogP contribution is 2.21. The van der Waals surface area contributed by atoms with E-state index in [2.05, 4.69) is 17.1 Å². The molecule has 0 saturated carbocycles. The molecular weight excluding hydrogens is 318 g/mol. The Morgan fingerprint density at radius 3 is 2.80 bits per heavy atom. The van der Waals surface area contributed by atoms with Crippen LogP contribution in [0.1, 0.15) is 44.2 Å². The van der Waals surface area contributed by atoms with E-state index in [1.54, 1.807) is 0 Å². The third-order valence-corrected chi connectivity index (χ3v) is 4.94. The van der Waals surface area contributed by atoms with Gasteiger partial charge in [0.05, 0.1) is 25.6 Å². The van der Waals surface area contributed by atoms with Crippen LogP contribution in [0.4, 0.5) is 0 Å². The van der Waals surface area contributed by atoms with Crippen molar-refractivity contribution in [1.29, 1.82) is 0 Å². The fourth-order valence-electron chi connectivity index (χ4n) is 3.40. The Kier molecular flexibility index (Phi) is 5.48. The summed E-state index contributed by atoms with van der Waals surface area (Å²) in [4.78, 5) is 13.2. The Morgan fingerprint density at radius 1 is 1.36 bits per heavy atom. The van der Waals surface area contributed by atoms with E-state index < -0.39 is 0 Å². The zero-order valence-electron chi connectivity index (χ0n) is 15.1. The Labute approximate surface area is 148 Å². The van der Waals surface area contributed by atoms with Crippen molar-refractivity contribution in [2.75, 3.05) is 19.7 Å². The van der Waals surface area contributed by atoms with Gasteiger partial charge < -0.3 is 14.1 Å². The lowest BCUT2D eigenvalue weighted by Crippen LogP contribution is -3.13. The van der Waals surface area contributed by atoms with Crippen LogP contribution in [0.3, 0.4) is 0 Å². The third-order valence-electron chi connectivity index (χ3n) is 4.94. The average Bonchev–Trinajstić information content (AvgIpc) is 3.11.